The first-order valence-corrected chi connectivity index (χ1v) is 11.5. The molecule has 1 fully saturated rings. The maximum atomic E-state index is 13.2. The first-order chi connectivity index (χ1) is 15.9. The van der Waals surface area contributed by atoms with E-state index in [1.54, 1.807) is 12.0 Å². The van der Waals surface area contributed by atoms with Gasteiger partial charge in [0.15, 0.2) is 0 Å². The summed E-state index contributed by atoms with van der Waals surface area (Å²) < 4.78 is 5.19. The van der Waals surface area contributed by atoms with Crippen LogP contribution in [-0.2, 0) is 6.54 Å². The summed E-state index contributed by atoms with van der Waals surface area (Å²) in [6.07, 6.45) is 2.39. The number of carbonyl (C=O) groups excluding carboxylic acids is 1. The number of hydrogen-bond acceptors (Lipinski definition) is 4. The molecule has 0 saturated carbocycles. The van der Waals surface area contributed by atoms with E-state index >= 15 is 0 Å². The topological polar surface area (TPSA) is 77.7 Å². The van der Waals surface area contributed by atoms with Gasteiger partial charge in [0.05, 0.1) is 13.7 Å². The van der Waals surface area contributed by atoms with Crippen molar-refractivity contribution in [2.24, 2.45) is 0 Å². The number of urea groups is 1. The number of likely N-dealkylation sites (tertiary alicyclic amines) is 1. The normalized spacial score (nSPS) is 13.9. The van der Waals surface area contributed by atoms with Crippen LogP contribution in [0.25, 0.3) is 10.9 Å². The summed E-state index contributed by atoms with van der Waals surface area (Å²) >= 11 is 0. The zero-order valence-electron chi connectivity index (χ0n) is 19.6. The maximum absolute atomic E-state index is 13.2. The van der Waals surface area contributed by atoms with Gasteiger partial charge in [0.2, 0.25) is 0 Å². The molecule has 0 unspecified atom stereocenters. The van der Waals surface area contributed by atoms with Gasteiger partial charge in [-0.05, 0) is 87.3 Å². The number of hydrogen-bond donors (Lipinski definition) is 2. The van der Waals surface area contributed by atoms with Crippen LogP contribution in [0.1, 0.15) is 29.5 Å². The minimum atomic E-state index is -0.223. The van der Waals surface area contributed by atoms with Crippen LogP contribution in [-0.4, -0.2) is 54.1 Å². The molecule has 2 heterocycles. The van der Waals surface area contributed by atoms with E-state index in [0.717, 1.165) is 47.4 Å². The first kappa shape index (κ1) is 22.9. The second kappa shape index (κ2) is 10.1. The fraction of sp³-hybridized carbons (Fsp3) is 0.385. The summed E-state index contributed by atoms with van der Waals surface area (Å²) in [4.78, 5) is 33.2. The number of ether oxygens (including phenoxy) is 1. The largest absolute Gasteiger partial charge is 0.497 e. The number of pyridine rings is 1. The number of amides is 2. The Morgan fingerprint density at radius 1 is 1.12 bits per heavy atom. The molecular weight excluding hydrogens is 416 g/mol. The molecular formula is C26H32N4O3. The van der Waals surface area contributed by atoms with Gasteiger partial charge in [0.25, 0.3) is 5.56 Å². The Bertz CT molecular complexity index is 1180. The molecule has 2 aromatic carbocycles. The maximum Gasteiger partial charge on any atom is 0.322 e. The molecule has 1 saturated heterocycles. The van der Waals surface area contributed by atoms with Crippen molar-refractivity contribution in [2.75, 3.05) is 38.6 Å². The molecule has 0 spiro atoms. The monoisotopic (exact) mass is 448 g/mol. The van der Waals surface area contributed by atoms with Crippen molar-refractivity contribution in [3.8, 4) is 5.75 Å². The number of carbonyl (C=O) groups is 1. The Balaban J connectivity index is 1.57. The highest BCUT2D eigenvalue weighted by molar-refractivity contribution is 5.89. The standard InChI is InChI=1S/C26H32N4O3/c1-18-14-19(2)23-16-20(25(31)28-24(23)15-18)17-30(13-12-29-10-4-5-11-29)26(32)27-21-6-8-22(33-3)9-7-21/h6-9,14-16H,4-5,10-13,17H2,1-3H3,(H,27,32)(H,28,31). The molecule has 4 rings (SSSR count). The summed E-state index contributed by atoms with van der Waals surface area (Å²) in [7, 11) is 1.61. The minimum Gasteiger partial charge on any atom is -0.497 e. The Hall–Kier alpha value is -3.32. The molecule has 1 aromatic heterocycles. The molecule has 0 atom stereocenters. The van der Waals surface area contributed by atoms with Crippen LogP contribution in [0.5, 0.6) is 5.75 Å². The zero-order valence-corrected chi connectivity index (χ0v) is 19.6. The van der Waals surface area contributed by atoms with Crippen molar-refractivity contribution in [3.63, 3.8) is 0 Å². The number of fused-ring (bicyclic) bond motifs is 1. The lowest BCUT2D eigenvalue weighted by atomic mass is 10.0. The Morgan fingerprint density at radius 3 is 2.55 bits per heavy atom. The summed E-state index contributed by atoms with van der Waals surface area (Å²) in [5, 5.41) is 3.97. The molecule has 7 heteroatoms. The molecule has 33 heavy (non-hydrogen) atoms. The second-order valence-corrected chi connectivity index (χ2v) is 8.80. The SMILES string of the molecule is COc1ccc(NC(=O)N(CCN2CCCC2)Cc2cc3c(C)cc(C)cc3[nH]c2=O)cc1. The first-order valence-electron chi connectivity index (χ1n) is 11.5. The Morgan fingerprint density at radius 2 is 1.85 bits per heavy atom. The van der Waals surface area contributed by atoms with E-state index in [1.807, 2.05) is 50.2 Å². The summed E-state index contributed by atoms with van der Waals surface area (Å²) in [5.74, 6) is 0.729. The van der Waals surface area contributed by atoms with Gasteiger partial charge >= 0.3 is 6.03 Å². The molecule has 0 radical (unpaired) electrons. The highest BCUT2D eigenvalue weighted by Crippen LogP contribution is 2.20. The van der Waals surface area contributed by atoms with Crippen LogP contribution in [0.3, 0.4) is 0 Å². The zero-order chi connectivity index (χ0) is 23.4. The average molecular weight is 449 g/mol. The number of aromatic amines is 1. The number of benzene rings is 2. The third kappa shape index (κ3) is 5.54. The van der Waals surface area contributed by atoms with Gasteiger partial charge in [0, 0.05) is 35.2 Å². The van der Waals surface area contributed by atoms with Crippen LogP contribution in [0.4, 0.5) is 10.5 Å². The van der Waals surface area contributed by atoms with Crippen LogP contribution in [0.2, 0.25) is 0 Å². The van der Waals surface area contributed by atoms with Gasteiger partial charge in [-0.3, -0.25) is 4.79 Å². The summed E-state index contributed by atoms with van der Waals surface area (Å²) in [5.41, 5.74) is 4.15. The molecule has 174 valence electrons. The number of aromatic nitrogens is 1. The molecule has 0 bridgehead atoms. The predicted molar refractivity (Wildman–Crippen MR) is 132 cm³/mol. The number of nitrogens with zero attached hydrogens (tertiary/aromatic N) is 2. The lowest BCUT2D eigenvalue weighted by Crippen LogP contribution is -2.41. The molecule has 7 nitrogen and oxygen atoms in total. The molecule has 1 aliphatic heterocycles. The molecule has 3 aromatic rings. The Kier molecular flexibility index (Phi) is 6.99. The summed E-state index contributed by atoms with van der Waals surface area (Å²) in [6, 6.07) is 13.0. The van der Waals surface area contributed by atoms with Crippen LogP contribution in [0.15, 0.2) is 47.3 Å². The number of H-pyrrole nitrogens is 1. The second-order valence-electron chi connectivity index (χ2n) is 8.80. The lowest BCUT2D eigenvalue weighted by Gasteiger charge is -2.26. The van der Waals surface area contributed by atoms with Crippen molar-refractivity contribution < 1.29 is 9.53 Å². The smallest absolute Gasteiger partial charge is 0.322 e. The van der Waals surface area contributed by atoms with E-state index < -0.39 is 0 Å². The third-order valence-electron chi connectivity index (χ3n) is 6.26. The number of nitrogens with one attached hydrogen (secondary N) is 2. The quantitative estimate of drug-likeness (QED) is 0.565. The van der Waals surface area contributed by atoms with Crippen LogP contribution < -0.4 is 15.6 Å². The molecule has 1 aliphatic rings. The van der Waals surface area contributed by atoms with Gasteiger partial charge in [-0.1, -0.05) is 6.07 Å². The van der Waals surface area contributed by atoms with Crippen molar-refractivity contribution in [3.05, 3.63) is 69.5 Å². The molecule has 0 aliphatic carbocycles. The lowest BCUT2D eigenvalue weighted by molar-refractivity contribution is 0.197. The van der Waals surface area contributed by atoms with Crippen molar-refractivity contribution in [2.45, 2.75) is 33.2 Å². The van der Waals surface area contributed by atoms with Gasteiger partial charge < -0.3 is 24.8 Å². The van der Waals surface area contributed by atoms with Crippen molar-refractivity contribution >= 4 is 22.6 Å². The van der Waals surface area contributed by atoms with Gasteiger partial charge in [-0.2, -0.15) is 0 Å². The van der Waals surface area contributed by atoms with Gasteiger partial charge in [-0.15, -0.1) is 0 Å². The van der Waals surface area contributed by atoms with E-state index in [4.69, 9.17) is 4.74 Å². The number of rotatable bonds is 7. The predicted octanol–water partition coefficient (Wildman–Crippen LogP) is 4.28. The minimum absolute atomic E-state index is 0.157. The highest BCUT2D eigenvalue weighted by atomic mass is 16.5. The van der Waals surface area contributed by atoms with E-state index in [0.29, 0.717) is 17.8 Å². The van der Waals surface area contributed by atoms with E-state index in [9.17, 15) is 9.59 Å². The van der Waals surface area contributed by atoms with E-state index in [-0.39, 0.29) is 18.1 Å². The fourth-order valence-electron chi connectivity index (χ4n) is 4.44. The number of aryl methyl sites for hydroxylation is 2. The van der Waals surface area contributed by atoms with E-state index in [1.165, 1.54) is 12.8 Å². The molecule has 2 N–H and O–H groups in total. The third-order valence-corrected chi connectivity index (χ3v) is 6.26. The fourth-order valence-corrected chi connectivity index (χ4v) is 4.44. The van der Waals surface area contributed by atoms with Gasteiger partial charge in [-0.25, -0.2) is 4.79 Å². The highest BCUT2D eigenvalue weighted by Gasteiger charge is 2.19. The number of methoxy groups -OCH3 is 1. The Labute approximate surface area is 194 Å². The summed E-state index contributed by atoms with van der Waals surface area (Å²) in [6.45, 7) is 7.76. The van der Waals surface area contributed by atoms with Crippen LogP contribution in [0, 0.1) is 13.8 Å². The van der Waals surface area contributed by atoms with Crippen LogP contribution >= 0.6 is 0 Å². The average Bonchev–Trinajstić information content (AvgIpc) is 3.31. The van der Waals surface area contributed by atoms with Crippen molar-refractivity contribution in [1.82, 2.24) is 14.8 Å². The van der Waals surface area contributed by atoms with Gasteiger partial charge in [0.1, 0.15) is 5.75 Å². The van der Waals surface area contributed by atoms with Crippen molar-refractivity contribution in [1.29, 1.82) is 0 Å². The molecule has 2 amide bonds. The van der Waals surface area contributed by atoms with E-state index in [2.05, 4.69) is 21.3 Å². The number of anilines is 1.